The number of benzene rings is 1. The summed E-state index contributed by atoms with van der Waals surface area (Å²) in [6.07, 6.45) is 3.44. The summed E-state index contributed by atoms with van der Waals surface area (Å²) in [4.78, 5) is 33.4. The van der Waals surface area contributed by atoms with E-state index < -0.39 is 0 Å². The van der Waals surface area contributed by atoms with Crippen LogP contribution in [0.15, 0.2) is 42.6 Å². The Labute approximate surface area is 171 Å². The summed E-state index contributed by atoms with van der Waals surface area (Å²) in [5.74, 6) is -0.444. The van der Waals surface area contributed by atoms with Crippen LogP contribution in [0.3, 0.4) is 0 Å². The van der Waals surface area contributed by atoms with E-state index in [0.29, 0.717) is 25.3 Å². The highest BCUT2D eigenvalue weighted by Crippen LogP contribution is 2.26. The molecule has 1 fully saturated rings. The van der Waals surface area contributed by atoms with Gasteiger partial charge in [-0.25, -0.2) is 0 Å². The summed E-state index contributed by atoms with van der Waals surface area (Å²) in [7, 11) is 1.75. The number of unbranched alkanes of at least 4 members (excludes halogenated alkanes) is 1. The van der Waals surface area contributed by atoms with Gasteiger partial charge in [0.25, 0.3) is 11.8 Å². The van der Waals surface area contributed by atoms with E-state index in [4.69, 9.17) is 4.74 Å². The van der Waals surface area contributed by atoms with Gasteiger partial charge in [0.05, 0.1) is 24.6 Å². The first kappa shape index (κ1) is 20.8. The SMILES string of the molecule is CCCCN(C)C(=O)c1cc(C(=O)Nc2ccccc2N2CCOCC2)ccn1. The molecule has 0 radical (unpaired) electrons. The van der Waals surface area contributed by atoms with Crippen LogP contribution in [0.25, 0.3) is 0 Å². The van der Waals surface area contributed by atoms with Gasteiger partial charge in [0.2, 0.25) is 0 Å². The van der Waals surface area contributed by atoms with Gasteiger partial charge in [0.15, 0.2) is 0 Å². The molecule has 7 heteroatoms. The molecule has 2 aromatic rings. The summed E-state index contributed by atoms with van der Waals surface area (Å²) < 4.78 is 5.42. The zero-order valence-corrected chi connectivity index (χ0v) is 17.1. The molecule has 1 aliphatic rings. The minimum atomic E-state index is -0.265. The number of aromatic nitrogens is 1. The number of carbonyl (C=O) groups is 2. The zero-order chi connectivity index (χ0) is 20.6. The second-order valence-electron chi connectivity index (χ2n) is 7.08. The number of hydrogen-bond acceptors (Lipinski definition) is 5. The normalized spacial score (nSPS) is 13.8. The number of ether oxygens (including phenoxy) is 1. The van der Waals surface area contributed by atoms with Crippen LogP contribution >= 0.6 is 0 Å². The minimum absolute atomic E-state index is 0.179. The lowest BCUT2D eigenvalue weighted by Gasteiger charge is -2.30. The van der Waals surface area contributed by atoms with Crippen LogP contribution in [-0.2, 0) is 4.74 Å². The molecule has 0 unspecified atom stereocenters. The van der Waals surface area contributed by atoms with Gasteiger partial charge in [-0.15, -0.1) is 0 Å². The van der Waals surface area contributed by atoms with Crippen molar-refractivity contribution >= 4 is 23.2 Å². The molecule has 29 heavy (non-hydrogen) atoms. The van der Waals surface area contributed by atoms with Gasteiger partial charge < -0.3 is 19.9 Å². The maximum Gasteiger partial charge on any atom is 0.272 e. The van der Waals surface area contributed by atoms with Crippen LogP contribution in [0.5, 0.6) is 0 Å². The van der Waals surface area contributed by atoms with Crippen LogP contribution in [0, 0.1) is 0 Å². The van der Waals surface area contributed by atoms with Crippen molar-refractivity contribution in [2.75, 3.05) is 50.1 Å². The van der Waals surface area contributed by atoms with Crippen molar-refractivity contribution in [1.82, 2.24) is 9.88 Å². The topological polar surface area (TPSA) is 74.8 Å². The third-order valence-electron chi connectivity index (χ3n) is 4.94. The zero-order valence-electron chi connectivity index (χ0n) is 17.1. The number of rotatable bonds is 7. The molecule has 1 aliphatic heterocycles. The molecule has 154 valence electrons. The molecule has 1 aromatic carbocycles. The largest absolute Gasteiger partial charge is 0.378 e. The van der Waals surface area contributed by atoms with Gasteiger partial charge in [0.1, 0.15) is 5.69 Å². The lowest BCUT2D eigenvalue weighted by molar-refractivity contribution is 0.0787. The number of morpholine rings is 1. The van der Waals surface area contributed by atoms with E-state index in [1.807, 2.05) is 24.3 Å². The van der Waals surface area contributed by atoms with Crippen LogP contribution in [0.2, 0.25) is 0 Å². The summed E-state index contributed by atoms with van der Waals surface area (Å²) >= 11 is 0. The molecule has 7 nitrogen and oxygen atoms in total. The fourth-order valence-corrected chi connectivity index (χ4v) is 3.23. The van der Waals surface area contributed by atoms with Crippen molar-refractivity contribution in [2.24, 2.45) is 0 Å². The van der Waals surface area contributed by atoms with E-state index in [1.165, 1.54) is 6.20 Å². The standard InChI is InChI=1S/C22H28N4O3/c1-3-4-11-25(2)22(28)19-16-17(9-10-23-19)21(27)24-18-7-5-6-8-20(18)26-12-14-29-15-13-26/h5-10,16H,3-4,11-15H2,1-2H3,(H,24,27). The van der Waals surface area contributed by atoms with Crippen molar-refractivity contribution in [3.63, 3.8) is 0 Å². The van der Waals surface area contributed by atoms with Crippen molar-refractivity contribution in [2.45, 2.75) is 19.8 Å². The first-order valence-corrected chi connectivity index (χ1v) is 10.0. The number of hydrogen-bond donors (Lipinski definition) is 1. The molecule has 1 N–H and O–H groups in total. The molecule has 3 rings (SSSR count). The van der Waals surface area contributed by atoms with Gasteiger partial charge >= 0.3 is 0 Å². The second kappa shape index (κ2) is 10.0. The lowest BCUT2D eigenvalue weighted by atomic mass is 10.1. The summed E-state index contributed by atoms with van der Waals surface area (Å²) in [5, 5.41) is 2.98. The van der Waals surface area contributed by atoms with E-state index in [-0.39, 0.29) is 17.5 Å². The first-order valence-electron chi connectivity index (χ1n) is 10.0. The van der Waals surface area contributed by atoms with Crippen molar-refractivity contribution in [3.8, 4) is 0 Å². The van der Waals surface area contributed by atoms with Crippen LogP contribution in [0.4, 0.5) is 11.4 Å². The number of amides is 2. The van der Waals surface area contributed by atoms with Crippen LogP contribution < -0.4 is 10.2 Å². The van der Waals surface area contributed by atoms with E-state index in [9.17, 15) is 9.59 Å². The minimum Gasteiger partial charge on any atom is -0.378 e. The average molecular weight is 396 g/mol. The molecule has 0 aliphatic carbocycles. The molecule has 1 aromatic heterocycles. The number of pyridine rings is 1. The first-order chi connectivity index (χ1) is 14.1. The van der Waals surface area contributed by atoms with Gasteiger partial charge in [-0.1, -0.05) is 25.5 Å². The number of anilines is 2. The Bertz CT molecular complexity index is 849. The predicted octanol–water partition coefficient (Wildman–Crippen LogP) is 3.04. The Kier molecular flexibility index (Phi) is 7.19. The fraction of sp³-hybridized carbons (Fsp3) is 0.409. The highest BCUT2D eigenvalue weighted by atomic mass is 16.5. The third-order valence-corrected chi connectivity index (χ3v) is 4.94. The van der Waals surface area contributed by atoms with Gasteiger partial charge in [-0.2, -0.15) is 0 Å². The van der Waals surface area contributed by atoms with Gasteiger partial charge in [-0.05, 0) is 30.7 Å². The average Bonchev–Trinajstić information content (AvgIpc) is 2.78. The second-order valence-corrected chi connectivity index (χ2v) is 7.08. The number of carbonyl (C=O) groups excluding carboxylic acids is 2. The molecule has 1 saturated heterocycles. The van der Waals surface area contributed by atoms with E-state index in [1.54, 1.807) is 24.1 Å². The van der Waals surface area contributed by atoms with Crippen molar-refractivity contribution in [3.05, 3.63) is 53.9 Å². The van der Waals surface area contributed by atoms with Crippen molar-refractivity contribution in [1.29, 1.82) is 0 Å². The van der Waals surface area contributed by atoms with E-state index >= 15 is 0 Å². The molecule has 0 atom stereocenters. The Morgan fingerprint density at radius 2 is 1.97 bits per heavy atom. The Morgan fingerprint density at radius 1 is 1.21 bits per heavy atom. The Balaban J connectivity index is 1.74. The molecule has 0 bridgehead atoms. The van der Waals surface area contributed by atoms with E-state index in [0.717, 1.165) is 37.3 Å². The maximum atomic E-state index is 12.9. The summed E-state index contributed by atoms with van der Waals surface area (Å²) in [6, 6.07) is 10.9. The van der Waals surface area contributed by atoms with Crippen molar-refractivity contribution < 1.29 is 14.3 Å². The highest BCUT2D eigenvalue weighted by Gasteiger charge is 2.18. The summed E-state index contributed by atoms with van der Waals surface area (Å²) in [6.45, 7) is 5.65. The van der Waals surface area contributed by atoms with Crippen LogP contribution in [0.1, 0.15) is 40.6 Å². The number of nitrogens with zero attached hydrogens (tertiary/aromatic N) is 3. The fourth-order valence-electron chi connectivity index (χ4n) is 3.23. The molecular weight excluding hydrogens is 368 g/mol. The number of para-hydroxylation sites is 2. The number of nitrogens with one attached hydrogen (secondary N) is 1. The van der Waals surface area contributed by atoms with Gasteiger partial charge in [-0.3, -0.25) is 14.6 Å². The van der Waals surface area contributed by atoms with Gasteiger partial charge in [0, 0.05) is 38.4 Å². The Morgan fingerprint density at radius 3 is 2.72 bits per heavy atom. The maximum absolute atomic E-state index is 12.9. The van der Waals surface area contributed by atoms with E-state index in [2.05, 4.69) is 22.1 Å². The highest BCUT2D eigenvalue weighted by molar-refractivity contribution is 6.07. The molecule has 0 saturated carbocycles. The predicted molar refractivity (Wildman–Crippen MR) is 114 cm³/mol. The smallest absolute Gasteiger partial charge is 0.272 e. The Hall–Kier alpha value is -2.93. The monoisotopic (exact) mass is 396 g/mol. The quantitative estimate of drug-likeness (QED) is 0.779. The lowest BCUT2D eigenvalue weighted by Crippen LogP contribution is -2.36. The third kappa shape index (κ3) is 5.32. The molecule has 2 amide bonds. The van der Waals surface area contributed by atoms with Crippen LogP contribution in [-0.4, -0.2) is 61.6 Å². The molecular formula is C22H28N4O3. The molecule has 0 spiro atoms. The molecule has 2 heterocycles. The summed E-state index contributed by atoms with van der Waals surface area (Å²) in [5.41, 5.74) is 2.39.